The molecule has 2 aliphatic rings. The minimum atomic E-state index is -0.554. The minimum absolute atomic E-state index is 0.266. The number of nitrogens with one attached hydrogen (secondary N) is 2. The van der Waals surface area contributed by atoms with E-state index in [0.29, 0.717) is 17.8 Å². The van der Waals surface area contributed by atoms with Gasteiger partial charge in [0.25, 0.3) is 0 Å². The lowest BCUT2D eigenvalue weighted by Crippen LogP contribution is -2.51. The number of carbonyl (C=O) groups is 2. The summed E-state index contributed by atoms with van der Waals surface area (Å²) in [5.41, 5.74) is 4.11. The highest BCUT2D eigenvalue weighted by Gasteiger charge is 2.34. The molecule has 2 amide bonds. The average molecular weight is 469 g/mol. The first-order valence-electron chi connectivity index (χ1n) is 11.2. The van der Waals surface area contributed by atoms with Crippen LogP contribution < -0.4 is 15.5 Å². The molecule has 0 radical (unpaired) electrons. The Morgan fingerprint density at radius 3 is 2.52 bits per heavy atom. The summed E-state index contributed by atoms with van der Waals surface area (Å²) in [5.74, 6) is -0.414. The van der Waals surface area contributed by atoms with Crippen LogP contribution in [0.2, 0.25) is 5.02 Å². The summed E-state index contributed by atoms with van der Waals surface area (Å²) in [6.07, 6.45) is 0. The number of halogens is 1. The van der Waals surface area contributed by atoms with Crippen molar-refractivity contribution in [2.24, 2.45) is 0 Å². The summed E-state index contributed by atoms with van der Waals surface area (Å²) < 4.78 is 5.37. The van der Waals surface area contributed by atoms with Gasteiger partial charge in [0.15, 0.2) is 0 Å². The molecule has 0 saturated carbocycles. The maximum atomic E-state index is 13.0. The number of carbonyl (C=O) groups excluding carboxylic acids is 2. The SMILES string of the molecule is CCOC(=O)C1=C(CN2CCN(c3cccc(Cl)c3)CC2)NC(=O)N[C@H]1c1ccc(C)cc1. The lowest BCUT2D eigenvalue weighted by molar-refractivity contribution is -0.139. The Kier molecular flexibility index (Phi) is 7.20. The van der Waals surface area contributed by atoms with Crippen LogP contribution in [0.3, 0.4) is 0 Å². The second kappa shape index (κ2) is 10.3. The first-order valence-corrected chi connectivity index (χ1v) is 11.6. The molecule has 174 valence electrons. The Morgan fingerprint density at radius 2 is 1.85 bits per heavy atom. The molecule has 4 rings (SSSR count). The zero-order valence-corrected chi connectivity index (χ0v) is 19.7. The standard InChI is InChI=1S/C25H29ClN4O3/c1-3-33-24(31)22-21(27-25(32)28-23(22)18-9-7-17(2)8-10-18)16-29-11-13-30(14-12-29)20-6-4-5-19(26)15-20/h4-10,15,23H,3,11-14,16H2,1-2H3,(H2,27,28,32)/t23-/m0/s1. The number of hydrogen-bond acceptors (Lipinski definition) is 5. The van der Waals surface area contributed by atoms with Crippen LogP contribution in [0.5, 0.6) is 0 Å². The van der Waals surface area contributed by atoms with Gasteiger partial charge in [-0.05, 0) is 37.6 Å². The molecule has 1 fully saturated rings. The molecule has 33 heavy (non-hydrogen) atoms. The average Bonchev–Trinajstić information content (AvgIpc) is 2.80. The van der Waals surface area contributed by atoms with Crippen molar-refractivity contribution in [1.82, 2.24) is 15.5 Å². The van der Waals surface area contributed by atoms with Gasteiger partial charge >= 0.3 is 12.0 Å². The Hall–Kier alpha value is -3.03. The van der Waals surface area contributed by atoms with Crippen LogP contribution in [0.25, 0.3) is 0 Å². The number of hydrogen-bond donors (Lipinski definition) is 2. The van der Waals surface area contributed by atoms with Crippen LogP contribution >= 0.6 is 11.6 Å². The van der Waals surface area contributed by atoms with E-state index in [0.717, 1.165) is 48.0 Å². The van der Waals surface area contributed by atoms with Crippen molar-refractivity contribution in [1.29, 1.82) is 0 Å². The van der Waals surface area contributed by atoms with Gasteiger partial charge in [-0.15, -0.1) is 0 Å². The number of urea groups is 1. The highest BCUT2D eigenvalue weighted by atomic mass is 35.5. The van der Waals surface area contributed by atoms with Crippen LogP contribution in [0.1, 0.15) is 24.1 Å². The Morgan fingerprint density at radius 1 is 1.12 bits per heavy atom. The quantitative estimate of drug-likeness (QED) is 0.633. The van der Waals surface area contributed by atoms with Crippen molar-refractivity contribution in [3.8, 4) is 0 Å². The second-order valence-electron chi connectivity index (χ2n) is 8.30. The maximum Gasteiger partial charge on any atom is 0.338 e. The molecule has 2 N–H and O–H groups in total. The summed E-state index contributed by atoms with van der Waals surface area (Å²) in [4.78, 5) is 30.0. The molecule has 0 unspecified atom stereocenters. The topological polar surface area (TPSA) is 73.9 Å². The van der Waals surface area contributed by atoms with Gasteiger partial charge in [-0.2, -0.15) is 0 Å². The third kappa shape index (κ3) is 5.49. The lowest BCUT2D eigenvalue weighted by Gasteiger charge is -2.38. The molecule has 2 aliphatic heterocycles. The fraction of sp³-hybridized carbons (Fsp3) is 0.360. The van der Waals surface area contributed by atoms with E-state index in [-0.39, 0.29) is 12.6 Å². The third-order valence-electron chi connectivity index (χ3n) is 5.99. The van der Waals surface area contributed by atoms with E-state index < -0.39 is 12.0 Å². The number of benzene rings is 2. The van der Waals surface area contributed by atoms with Crippen molar-refractivity contribution in [2.45, 2.75) is 19.9 Å². The van der Waals surface area contributed by atoms with E-state index in [1.807, 2.05) is 49.4 Å². The normalized spacial score (nSPS) is 19.2. The number of ether oxygens (including phenoxy) is 1. The number of esters is 1. The molecule has 2 heterocycles. The van der Waals surface area contributed by atoms with Crippen molar-refractivity contribution in [3.63, 3.8) is 0 Å². The molecule has 0 aliphatic carbocycles. The van der Waals surface area contributed by atoms with Gasteiger partial charge in [-0.3, -0.25) is 4.90 Å². The first-order chi connectivity index (χ1) is 15.9. The highest BCUT2D eigenvalue weighted by molar-refractivity contribution is 6.30. The molecule has 8 heteroatoms. The maximum absolute atomic E-state index is 13.0. The van der Waals surface area contributed by atoms with E-state index in [9.17, 15) is 9.59 Å². The number of anilines is 1. The molecule has 0 aromatic heterocycles. The number of rotatable bonds is 6. The van der Waals surface area contributed by atoms with Crippen LogP contribution in [-0.2, 0) is 9.53 Å². The van der Waals surface area contributed by atoms with E-state index >= 15 is 0 Å². The minimum Gasteiger partial charge on any atom is -0.463 e. The van der Waals surface area contributed by atoms with Crippen molar-refractivity contribution >= 4 is 29.3 Å². The molecule has 7 nitrogen and oxygen atoms in total. The molecule has 1 saturated heterocycles. The third-order valence-corrected chi connectivity index (χ3v) is 6.22. The molecule has 0 bridgehead atoms. The van der Waals surface area contributed by atoms with Gasteiger partial charge < -0.3 is 20.3 Å². The fourth-order valence-electron chi connectivity index (χ4n) is 4.26. The molecule has 0 spiro atoms. The predicted molar refractivity (Wildman–Crippen MR) is 129 cm³/mol. The lowest BCUT2D eigenvalue weighted by atomic mass is 9.94. The molecule has 2 aromatic rings. The zero-order valence-electron chi connectivity index (χ0n) is 18.9. The number of aryl methyl sites for hydroxylation is 1. The number of amides is 2. The van der Waals surface area contributed by atoms with Gasteiger partial charge in [0.05, 0.1) is 18.2 Å². The smallest absolute Gasteiger partial charge is 0.338 e. The van der Waals surface area contributed by atoms with Gasteiger partial charge in [0, 0.05) is 49.1 Å². The van der Waals surface area contributed by atoms with E-state index in [1.165, 1.54) is 0 Å². The Bertz CT molecular complexity index is 1050. The van der Waals surface area contributed by atoms with Crippen LogP contribution in [0, 0.1) is 6.92 Å². The highest BCUT2D eigenvalue weighted by Crippen LogP contribution is 2.29. The summed E-state index contributed by atoms with van der Waals surface area (Å²) >= 11 is 6.15. The molecular formula is C25H29ClN4O3. The monoisotopic (exact) mass is 468 g/mol. The molecule has 2 aromatic carbocycles. The van der Waals surface area contributed by atoms with Crippen molar-refractivity contribution in [3.05, 3.63) is 76.0 Å². The summed E-state index contributed by atoms with van der Waals surface area (Å²) in [6, 6.07) is 14.8. The first kappa shape index (κ1) is 23.1. The van der Waals surface area contributed by atoms with Crippen molar-refractivity contribution < 1.29 is 14.3 Å². The van der Waals surface area contributed by atoms with Gasteiger partial charge in [0.2, 0.25) is 0 Å². The van der Waals surface area contributed by atoms with E-state index in [1.54, 1.807) is 6.92 Å². The van der Waals surface area contributed by atoms with Gasteiger partial charge in [-0.25, -0.2) is 9.59 Å². The van der Waals surface area contributed by atoms with Crippen LogP contribution in [0.4, 0.5) is 10.5 Å². The van der Waals surface area contributed by atoms with Gasteiger partial charge in [0.1, 0.15) is 0 Å². The van der Waals surface area contributed by atoms with Crippen LogP contribution in [0.15, 0.2) is 59.8 Å². The van der Waals surface area contributed by atoms with E-state index in [2.05, 4.69) is 26.5 Å². The molecular weight excluding hydrogens is 440 g/mol. The van der Waals surface area contributed by atoms with Gasteiger partial charge in [-0.1, -0.05) is 47.5 Å². The Balaban J connectivity index is 1.55. The predicted octanol–water partition coefficient (Wildman–Crippen LogP) is 3.64. The summed E-state index contributed by atoms with van der Waals surface area (Å²) in [6.45, 7) is 7.77. The van der Waals surface area contributed by atoms with Crippen molar-refractivity contribution in [2.75, 3.05) is 44.2 Å². The second-order valence-corrected chi connectivity index (χ2v) is 8.73. The summed E-state index contributed by atoms with van der Waals surface area (Å²) in [5, 5.41) is 6.49. The number of piperazine rings is 1. The number of nitrogens with zero attached hydrogens (tertiary/aromatic N) is 2. The van der Waals surface area contributed by atoms with Crippen LogP contribution in [-0.4, -0.2) is 56.2 Å². The largest absolute Gasteiger partial charge is 0.463 e. The fourth-order valence-corrected chi connectivity index (χ4v) is 4.45. The summed E-state index contributed by atoms with van der Waals surface area (Å²) in [7, 11) is 0. The Labute approximate surface area is 199 Å². The van der Waals surface area contributed by atoms with E-state index in [4.69, 9.17) is 16.3 Å². The zero-order chi connectivity index (χ0) is 23.4. The molecule has 1 atom stereocenters.